The second kappa shape index (κ2) is 11.6. The van der Waals surface area contributed by atoms with Gasteiger partial charge >= 0.3 is 0 Å². The molecule has 0 bridgehead atoms. The van der Waals surface area contributed by atoms with E-state index in [9.17, 15) is 4.79 Å². The summed E-state index contributed by atoms with van der Waals surface area (Å²) in [5.41, 5.74) is 1.14. The summed E-state index contributed by atoms with van der Waals surface area (Å²) in [6.07, 6.45) is 2.75. The first-order chi connectivity index (χ1) is 16.1. The SMILES string of the molecule is CCCNc1nc(SCC)nc2c1cnn2CCNC(=O)c1cc(OC)c(OC)c(OC)c1. The van der Waals surface area contributed by atoms with Gasteiger partial charge in [-0.3, -0.25) is 4.79 Å². The van der Waals surface area contributed by atoms with Gasteiger partial charge in [0.15, 0.2) is 22.3 Å². The molecule has 2 aromatic heterocycles. The van der Waals surface area contributed by atoms with Gasteiger partial charge in [0, 0.05) is 18.7 Å². The third kappa shape index (κ3) is 5.59. The second-order valence-corrected chi connectivity index (χ2v) is 8.22. The number of nitrogens with one attached hydrogen (secondary N) is 2. The molecule has 33 heavy (non-hydrogen) atoms. The Morgan fingerprint density at radius 3 is 2.39 bits per heavy atom. The van der Waals surface area contributed by atoms with Crippen molar-refractivity contribution >= 4 is 34.5 Å². The normalized spacial score (nSPS) is 10.8. The number of ether oxygens (including phenoxy) is 3. The molecule has 0 spiro atoms. The second-order valence-electron chi connectivity index (χ2n) is 6.99. The maximum Gasteiger partial charge on any atom is 0.251 e. The molecular formula is C22H30N6O4S. The summed E-state index contributed by atoms with van der Waals surface area (Å²) >= 11 is 1.58. The van der Waals surface area contributed by atoms with Crippen molar-refractivity contribution in [1.82, 2.24) is 25.1 Å². The summed E-state index contributed by atoms with van der Waals surface area (Å²) in [6, 6.07) is 3.24. The highest BCUT2D eigenvalue weighted by Gasteiger charge is 2.17. The molecule has 1 amide bonds. The molecule has 0 saturated heterocycles. The summed E-state index contributed by atoms with van der Waals surface area (Å²) in [5, 5.41) is 12.3. The molecule has 3 rings (SSSR count). The van der Waals surface area contributed by atoms with Crippen molar-refractivity contribution in [1.29, 1.82) is 0 Å². The summed E-state index contributed by atoms with van der Waals surface area (Å²) in [4.78, 5) is 22.0. The smallest absolute Gasteiger partial charge is 0.251 e. The lowest BCUT2D eigenvalue weighted by atomic mass is 10.1. The molecule has 2 heterocycles. The Morgan fingerprint density at radius 1 is 1.06 bits per heavy atom. The van der Waals surface area contributed by atoms with Crippen molar-refractivity contribution in [3.05, 3.63) is 23.9 Å². The fourth-order valence-electron chi connectivity index (χ4n) is 3.26. The zero-order valence-corrected chi connectivity index (χ0v) is 20.4. The van der Waals surface area contributed by atoms with E-state index in [0.717, 1.165) is 35.6 Å². The van der Waals surface area contributed by atoms with Gasteiger partial charge in [-0.25, -0.2) is 14.6 Å². The topological polar surface area (TPSA) is 112 Å². The minimum Gasteiger partial charge on any atom is -0.493 e. The maximum absolute atomic E-state index is 12.8. The van der Waals surface area contributed by atoms with Crippen LogP contribution >= 0.6 is 11.8 Å². The lowest BCUT2D eigenvalue weighted by molar-refractivity contribution is 0.0951. The number of methoxy groups -OCH3 is 3. The van der Waals surface area contributed by atoms with E-state index in [-0.39, 0.29) is 5.91 Å². The van der Waals surface area contributed by atoms with Crippen LogP contribution in [0.1, 0.15) is 30.6 Å². The Morgan fingerprint density at radius 2 is 1.79 bits per heavy atom. The lowest BCUT2D eigenvalue weighted by Crippen LogP contribution is -2.27. The Labute approximate surface area is 197 Å². The summed E-state index contributed by atoms with van der Waals surface area (Å²) < 4.78 is 17.8. The van der Waals surface area contributed by atoms with Crippen LogP contribution in [0.5, 0.6) is 17.2 Å². The molecule has 10 nitrogen and oxygen atoms in total. The summed E-state index contributed by atoms with van der Waals surface area (Å²) in [5.74, 6) is 2.68. The monoisotopic (exact) mass is 474 g/mol. The van der Waals surface area contributed by atoms with Crippen molar-refractivity contribution < 1.29 is 19.0 Å². The fraction of sp³-hybridized carbons (Fsp3) is 0.455. The Bertz CT molecular complexity index is 1080. The zero-order valence-electron chi connectivity index (χ0n) is 19.6. The quantitative estimate of drug-likeness (QED) is 0.302. The minimum absolute atomic E-state index is 0.257. The van der Waals surface area contributed by atoms with Crippen molar-refractivity contribution in [3.8, 4) is 17.2 Å². The zero-order chi connectivity index (χ0) is 23.8. The number of rotatable bonds is 12. The number of carbonyl (C=O) groups excluding carboxylic acids is 1. The molecule has 0 unspecified atom stereocenters. The third-order valence-corrected chi connectivity index (χ3v) is 5.56. The van der Waals surface area contributed by atoms with Crippen LogP contribution in [0.2, 0.25) is 0 Å². The number of benzene rings is 1. The van der Waals surface area contributed by atoms with E-state index in [2.05, 4.69) is 39.5 Å². The van der Waals surface area contributed by atoms with Gasteiger partial charge in [-0.2, -0.15) is 5.10 Å². The van der Waals surface area contributed by atoms with E-state index in [1.54, 1.807) is 34.8 Å². The number of nitrogens with zero attached hydrogens (tertiary/aromatic N) is 4. The molecule has 11 heteroatoms. The average molecular weight is 475 g/mol. The number of anilines is 1. The van der Waals surface area contributed by atoms with E-state index >= 15 is 0 Å². The molecule has 0 atom stereocenters. The molecule has 2 N–H and O–H groups in total. The van der Waals surface area contributed by atoms with Gasteiger partial charge in [-0.15, -0.1) is 0 Å². The first-order valence-electron chi connectivity index (χ1n) is 10.7. The van der Waals surface area contributed by atoms with Gasteiger partial charge in [0.05, 0.1) is 39.5 Å². The molecule has 178 valence electrons. The van der Waals surface area contributed by atoms with Crippen LogP contribution < -0.4 is 24.8 Å². The molecule has 0 saturated carbocycles. The highest BCUT2D eigenvalue weighted by atomic mass is 32.2. The number of thioether (sulfide) groups is 1. The van der Waals surface area contributed by atoms with E-state index in [1.807, 2.05) is 0 Å². The standard InChI is InChI=1S/C22H30N6O4S/c1-6-8-23-19-15-13-25-28(20(15)27-22(26-19)33-7-2)10-9-24-21(29)14-11-16(30-3)18(32-5)17(12-14)31-4/h11-13H,6-10H2,1-5H3,(H,24,29)(H,23,26,27). The van der Waals surface area contributed by atoms with E-state index in [1.165, 1.54) is 21.3 Å². The third-order valence-electron chi connectivity index (χ3n) is 4.83. The van der Waals surface area contributed by atoms with Crippen LogP contribution in [0, 0.1) is 0 Å². The molecule has 0 aliphatic rings. The predicted molar refractivity (Wildman–Crippen MR) is 129 cm³/mol. The van der Waals surface area contributed by atoms with Crippen LogP contribution in [-0.4, -0.2) is 65.8 Å². The molecule has 1 aromatic carbocycles. The average Bonchev–Trinajstić information content (AvgIpc) is 3.24. The van der Waals surface area contributed by atoms with Crippen LogP contribution in [0.4, 0.5) is 5.82 Å². The van der Waals surface area contributed by atoms with Gasteiger partial charge in [0.25, 0.3) is 5.91 Å². The van der Waals surface area contributed by atoms with Crippen molar-refractivity contribution in [2.24, 2.45) is 0 Å². The Kier molecular flexibility index (Phi) is 8.58. The number of hydrogen-bond donors (Lipinski definition) is 2. The van der Waals surface area contributed by atoms with E-state index in [0.29, 0.717) is 41.1 Å². The lowest BCUT2D eigenvalue weighted by Gasteiger charge is -2.14. The number of fused-ring (bicyclic) bond motifs is 1. The fourth-order valence-corrected chi connectivity index (χ4v) is 3.83. The summed E-state index contributed by atoms with van der Waals surface area (Å²) in [6.45, 7) is 5.81. The van der Waals surface area contributed by atoms with Gasteiger partial charge in [-0.05, 0) is 24.3 Å². The molecule has 0 radical (unpaired) electrons. The van der Waals surface area contributed by atoms with Gasteiger partial charge < -0.3 is 24.8 Å². The highest BCUT2D eigenvalue weighted by molar-refractivity contribution is 7.99. The minimum atomic E-state index is -0.257. The van der Waals surface area contributed by atoms with Gasteiger partial charge in [0.2, 0.25) is 5.75 Å². The maximum atomic E-state index is 12.8. The largest absolute Gasteiger partial charge is 0.493 e. The van der Waals surface area contributed by atoms with Crippen molar-refractivity contribution in [2.75, 3.05) is 45.5 Å². The molecular weight excluding hydrogens is 444 g/mol. The molecule has 0 aliphatic heterocycles. The van der Waals surface area contributed by atoms with Crippen molar-refractivity contribution in [3.63, 3.8) is 0 Å². The molecule has 3 aromatic rings. The van der Waals surface area contributed by atoms with Gasteiger partial charge in [0.1, 0.15) is 5.82 Å². The number of amides is 1. The number of hydrogen-bond acceptors (Lipinski definition) is 9. The van der Waals surface area contributed by atoms with Crippen LogP contribution in [-0.2, 0) is 6.54 Å². The first-order valence-corrected chi connectivity index (χ1v) is 11.7. The Balaban J connectivity index is 1.75. The van der Waals surface area contributed by atoms with Crippen molar-refractivity contribution in [2.45, 2.75) is 32.0 Å². The molecule has 0 fully saturated rings. The highest BCUT2D eigenvalue weighted by Crippen LogP contribution is 2.38. The Hall–Kier alpha value is -3.21. The molecule has 0 aliphatic carbocycles. The van der Waals surface area contributed by atoms with Crippen LogP contribution in [0.25, 0.3) is 11.0 Å². The van der Waals surface area contributed by atoms with Crippen LogP contribution in [0.3, 0.4) is 0 Å². The van der Waals surface area contributed by atoms with Gasteiger partial charge in [-0.1, -0.05) is 25.6 Å². The number of carbonyl (C=O) groups is 1. The number of aromatic nitrogens is 4. The summed E-state index contributed by atoms with van der Waals surface area (Å²) in [7, 11) is 4.54. The predicted octanol–water partition coefficient (Wildman–Crippen LogP) is 3.22. The van der Waals surface area contributed by atoms with E-state index in [4.69, 9.17) is 14.2 Å². The first kappa shape index (κ1) is 24.4. The van der Waals surface area contributed by atoms with Crippen LogP contribution in [0.15, 0.2) is 23.5 Å². The van der Waals surface area contributed by atoms with E-state index < -0.39 is 0 Å².